The fourth-order valence-electron chi connectivity index (χ4n) is 0.990. The minimum absolute atomic E-state index is 0.521. The number of nitrogens with two attached hydrogens (primary N) is 1. The first-order valence-corrected chi connectivity index (χ1v) is 6.88. The van der Waals surface area contributed by atoms with Crippen LogP contribution in [0.25, 0.3) is 0 Å². The number of thioether (sulfide) groups is 1. The Labute approximate surface area is 90.9 Å². The van der Waals surface area contributed by atoms with E-state index in [-0.39, 0.29) is 0 Å². The second kappa shape index (κ2) is 6.03. The zero-order chi connectivity index (χ0) is 10.4. The van der Waals surface area contributed by atoms with Gasteiger partial charge in [0, 0.05) is 17.7 Å². The molecule has 0 saturated carbocycles. The van der Waals surface area contributed by atoms with Crippen molar-refractivity contribution in [2.24, 2.45) is 0 Å². The molecule has 78 valence electrons. The van der Waals surface area contributed by atoms with E-state index in [4.69, 9.17) is 5.73 Å². The molecule has 0 spiro atoms. The smallest absolute Gasteiger partial charge is 0.0664 e. The molecule has 1 aromatic heterocycles. The Bertz CT molecular complexity index is 317. The Kier molecular flexibility index (Phi) is 4.97. The standard InChI is InChI=1S/C9H14N2OS2/c1-2-13-5-6-14(12)9-3-4-11-7-8(9)10/h3-4,7H,2,5-6,10H2,1H3. The van der Waals surface area contributed by atoms with E-state index < -0.39 is 10.8 Å². The number of aromatic nitrogens is 1. The lowest BCUT2D eigenvalue weighted by Gasteiger charge is -2.03. The van der Waals surface area contributed by atoms with Crippen LogP contribution in [0.1, 0.15) is 6.92 Å². The highest BCUT2D eigenvalue weighted by molar-refractivity contribution is 8.00. The van der Waals surface area contributed by atoms with Gasteiger partial charge in [-0.15, -0.1) is 0 Å². The van der Waals surface area contributed by atoms with Gasteiger partial charge in [0.15, 0.2) is 0 Å². The molecule has 0 aliphatic carbocycles. The van der Waals surface area contributed by atoms with Gasteiger partial charge in [0.1, 0.15) is 0 Å². The van der Waals surface area contributed by atoms with Crippen molar-refractivity contribution in [3.05, 3.63) is 18.5 Å². The van der Waals surface area contributed by atoms with E-state index in [1.807, 2.05) is 0 Å². The van der Waals surface area contributed by atoms with Crippen LogP contribution in [-0.4, -0.2) is 26.5 Å². The largest absolute Gasteiger partial charge is 0.396 e. The lowest BCUT2D eigenvalue weighted by molar-refractivity contribution is 0.684. The molecule has 0 bridgehead atoms. The monoisotopic (exact) mass is 230 g/mol. The van der Waals surface area contributed by atoms with Gasteiger partial charge in [-0.3, -0.25) is 9.19 Å². The van der Waals surface area contributed by atoms with Gasteiger partial charge in [-0.25, -0.2) is 0 Å². The van der Waals surface area contributed by atoms with E-state index in [2.05, 4.69) is 11.9 Å². The van der Waals surface area contributed by atoms with Crippen LogP contribution in [0.4, 0.5) is 5.69 Å². The number of nitrogen functional groups attached to an aromatic ring is 1. The molecule has 0 aromatic carbocycles. The summed E-state index contributed by atoms with van der Waals surface area (Å²) in [5, 5.41) is 0. The second-order valence-corrected chi connectivity index (χ2v) is 5.59. The van der Waals surface area contributed by atoms with Crippen molar-refractivity contribution in [2.45, 2.75) is 11.8 Å². The third-order valence-corrected chi connectivity index (χ3v) is 4.27. The molecule has 1 heterocycles. The molecule has 1 unspecified atom stereocenters. The van der Waals surface area contributed by atoms with Crippen LogP contribution in [0.5, 0.6) is 0 Å². The molecule has 2 N–H and O–H groups in total. The molecule has 0 fully saturated rings. The zero-order valence-corrected chi connectivity index (χ0v) is 9.74. The van der Waals surface area contributed by atoms with E-state index in [1.165, 1.54) is 0 Å². The number of pyridine rings is 1. The average molecular weight is 230 g/mol. The average Bonchev–Trinajstić information content (AvgIpc) is 2.18. The fraction of sp³-hybridized carbons (Fsp3) is 0.444. The predicted octanol–water partition coefficient (Wildman–Crippen LogP) is 1.52. The second-order valence-electron chi connectivity index (χ2n) is 2.66. The van der Waals surface area contributed by atoms with Crippen molar-refractivity contribution >= 4 is 28.2 Å². The lowest BCUT2D eigenvalue weighted by atomic mass is 10.4. The summed E-state index contributed by atoms with van der Waals surface area (Å²) in [5.74, 6) is 2.63. The molecule has 5 heteroatoms. The van der Waals surface area contributed by atoms with Crippen LogP contribution in [0.15, 0.2) is 23.4 Å². The van der Waals surface area contributed by atoms with Crippen LogP contribution in [0, 0.1) is 0 Å². The van der Waals surface area contributed by atoms with Crippen LogP contribution < -0.4 is 5.73 Å². The third kappa shape index (κ3) is 3.31. The minimum Gasteiger partial charge on any atom is -0.396 e. The van der Waals surface area contributed by atoms with Crippen molar-refractivity contribution in [2.75, 3.05) is 23.0 Å². The third-order valence-electron chi connectivity index (χ3n) is 1.67. The molecule has 0 aliphatic heterocycles. The maximum atomic E-state index is 11.7. The Morgan fingerprint density at radius 3 is 3.07 bits per heavy atom. The number of hydrogen-bond donors (Lipinski definition) is 1. The molecular formula is C9H14N2OS2. The number of anilines is 1. The highest BCUT2D eigenvalue weighted by Crippen LogP contribution is 2.14. The van der Waals surface area contributed by atoms with Crippen molar-refractivity contribution < 1.29 is 4.21 Å². The van der Waals surface area contributed by atoms with Crippen molar-refractivity contribution in [1.82, 2.24) is 4.98 Å². The lowest BCUT2D eigenvalue weighted by Crippen LogP contribution is -2.04. The van der Waals surface area contributed by atoms with Gasteiger partial charge in [0.05, 0.1) is 27.6 Å². The first kappa shape index (κ1) is 11.5. The van der Waals surface area contributed by atoms with Crippen LogP contribution in [0.2, 0.25) is 0 Å². The molecule has 1 aromatic rings. The Hall–Kier alpha value is -0.550. The Morgan fingerprint density at radius 1 is 1.64 bits per heavy atom. The molecular weight excluding hydrogens is 216 g/mol. The maximum Gasteiger partial charge on any atom is 0.0664 e. The van der Waals surface area contributed by atoms with Gasteiger partial charge in [0.2, 0.25) is 0 Å². The summed E-state index contributed by atoms with van der Waals surface area (Å²) >= 11 is 1.79. The predicted molar refractivity (Wildman–Crippen MR) is 62.9 cm³/mol. The number of nitrogens with zero attached hydrogens (tertiary/aromatic N) is 1. The first-order valence-electron chi connectivity index (χ1n) is 4.41. The van der Waals surface area contributed by atoms with Crippen LogP contribution in [0.3, 0.4) is 0 Å². The summed E-state index contributed by atoms with van der Waals surface area (Å²) in [6.07, 6.45) is 3.16. The van der Waals surface area contributed by atoms with Gasteiger partial charge >= 0.3 is 0 Å². The Morgan fingerprint density at radius 2 is 2.43 bits per heavy atom. The quantitative estimate of drug-likeness (QED) is 0.779. The van der Waals surface area contributed by atoms with E-state index in [9.17, 15) is 4.21 Å². The fourth-order valence-corrected chi connectivity index (χ4v) is 3.10. The topological polar surface area (TPSA) is 56.0 Å². The highest BCUT2D eigenvalue weighted by atomic mass is 32.2. The molecule has 0 aliphatic rings. The van der Waals surface area contributed by atoms with E-state index >= 15 is 0 Å². The first-order chi connectivity index (χ1) is 6.75. The molecule has 3 nitrogen and oxygen atoms in total. The molecule has 1 atom stereocenters. The van der Waals surface area contributed by atoms with Crippen LogP contribution >= 0.6 is 11.8 Å². The SMILES string of the molecule is CCSCCS(=O)c1ccncc1N. The summed E-state index contributed by atoms with van der Waals surface area (Å²) < 4.78 is 11.7. The summed E-state index contributed by atoms with van der Waals surface area (Å²) in [7, 11) is -0.982. The minimum atomic E-state index is -0.982. The highest BCUT2D eigenvalue weighted by Gasteiger charge is 2.06. The van der Waals surface area contributed by atoms with Gasteiger partial charge in [-0.1, -0.05) is 6.92 Å². The molecule has 0 amide bonds. The molecule has 0 radical (unpaired) electrons. The van der Waals surface area contributed by atoms with Gasteiger partial charge in [-0.2, -0.15) is 11.8 Å². The van der Waals surface area contributed by atoms with Gasteiger partial charge < -0.3 is 5.73 Å². The summed E-state index contributed by atoms with van der Waals surface area (Å²) in [6, 6.07) is 1.72. The van der Waals surface area contributed by atoms with Gasteiger partial charge in [0.25, 0.3) is 0 Å². The molecule has 1 rings (SSSR count). The van der Waals surface area contributed by atoms with Crippen molar-refractivity contribution in [3.8, 4) is 0 Å². The van der Waals surface area contributed by atoms with E-state index in [0.29, 0.717) is 16.3 Å². The molecule has 14 heavy (non-hydrogen) atoms. The number of rotatable bonds is 5. The van der Waals surface area contributed by atoms with Crippen LogP contribution in [-0.2, 0) is 10.8 Å². The Balaban J connectivity index is 2.56. The zero-order valence-electron chi connectivity index (χ0n) is 8.10. The number of hydrogen-bond acceptors (Lipinski definition) is 4. The van der Waals surface area contributed by atoms with E-state index in [0.717, 1.165) is 11.5 Å². The van der Waals surface area contributed by atoms with Gasteiger partial charge in [-0.05, 0) is 11.8 Å². The normalized spacial score (nSPS) is 12.6. The van der Waals surface area contributed by atoms with Crippen molar-refractivity contribution in [1.29, 1.82) is 0 Å². The maximum absolute atomic E-state index is 11.7. The van der Waals surface area contributed by atoms with E-state index in [1.54, 1.807) is 30.2 Å². The summed E-state index contributed by atoms with van der Waals surface area (Å²) in [5.41, 5.74) is 6.18. The summed E-state index contributed by atoms with van der Waals surface area (Å²) in [6.45, 7) is 2.09. The van der Waals surface area contributed by atoms with Crippen molar-refractivity contribution in [3.63, 3.8) is 0 Å². The molecule has 0 saturated heterocycles. The summed E-state index contributed by atoms with van der Waals surface area (Å²) in [4.78, 5) is 4.56.